The van der Waals surface area contributed by atoms with Crippen molar-refractivity contribution < 1.29 is 10.00 Å². The molecule has 0 aliphatic heterocycles. The molecule has 5 N–H and O–H groups in total. The van der Waals surface area contributed by atoms with E-state index in [1.165, 1.54) is 9.47 Å². The van der Waals surface area contributed by atoms with Gasteiger partial charge in [0.15, 0.2) is 0 Å². The van der Waals surface area contributed by atoms with Gasteiger partial charge in [0.05, 0.1) is 0 Å². The molecule has 0 spiro atoms. The maximum atomic E-state index is 7.88. The van der Waals surface area contributed by atoms with Crippen molar-refractivity contribution in [1.82, 2.24) is 6.15 Å². The zero-order valence-electron chi connectivity index (χ0n) is 4.59. The summed E-state index contributed by atoms with van der Waals surface area (Å²) in [5.41, 5.74) is 0. The van der Waals surface area contributed by atoms with Gasteiger partial charge in [-0.3, -0.25) is 0 Å². The molecule has 0 aliphatic rings. The molecule has 1 atom stereocenters. The zero-order chi connectivity index (χ0) is 5.41. The highest BCUT2D eigenvalue weighted by atomic mass is 31.0. The average molecular weight is 127 g/mol. The van der Waals surface area contributed by atoms with E-state index in [1.54, 1.807) is 0 Å². The molecule has 0 saturated heterocycles. The predicted molar refractivity (Wildman–Crippen MR) is 34.3 cm³/mol. The normalized spacial score (nSPS) is 5.14. The number of aliphatic hydroxyl groups excluding tert-OH is 1. The van der Waals surface area contributed by atoms with Gasteiger partial charge >= 0.3 is 0 Å². The van der Waals surface area contributed by atoms with Crippen LogP contribution < -0.4 is 6.15 Å². The van der Waals surface area contributed by atoms with E-state index in [9.17, 15) is 0 Å². The Labute approximate surface area is 46.6 Å². The fraction of sp³-hybridized carbons (Fsp3) is 1.00. The second kappa shape index (κ2) is 33.3. The largest absolute Gasteiger partial charge is 0.396 e. The molecule has 0 aliphatic carbocycles. The summed E-state index contributed by atoms with van der Waals surface area (Å²) in [7, 11) is 1.42. The molecule has 4 heteroatoms. The number of aliphatic hydroxyl groups is 1. The molecule has 0 bridgehead atoms. The molecular formula is C3H14NO2P. The Morgan fingerprint density at radius 3 is 1.57 bits per heavy atom. The second-order valence-corrected chi connectivity index (χ2v) is 0.724. The van der Waals surface area contributed by atoms with Crippen LogP contribution in [0.15, 0.2) is 0 Å². The van der Waals surface area contributed by atoms with Crippen molar-refractivity contribution in [1.29, 1.82) is 0 Å². The third kappa shape index (κ3) is 68.3. The van der Waals surface area contributed by atoms with Gasteiger partial charge in [-0.2, -0.15) is 0 Å². The molecule has 0 rings (SSSR count). The maximum Gasteiger partial charge on any atom is 0.0428 e. The van der Waals surface area contributed by atoms with E-state index >= 15 is 0 Å². The lowest BCUT2D eigenvalue weighted by Crippen LogP contribution is -1.69. The van der Waals surface area contributed by atoms with Crippen LogP contribution in [0.4, 0.5) is 0 Å². The molecule has 48 valence electrons. The van der Waals surface area contributed by atoms with E-state index in [-0.39, 0.29) is 6.15 Å². The SMILES string of the molecule is CCCO.N.OP. The van der Waals surface area contributed by atoms with Gasteiger partial charge in [0.2, 0.25) is 0 Å². The number of rotatable bonds is 1. The van der Waals surface area contributed by atoms with Gasteiger partial charge in [0.1, 0.15) is 0 Å². The van der Waals surface area contributed by atoms with Gasteiger partial charge in [-0.15, -0.1) is 0 Å². The second-order valence-electron chi connectivity index (χ2n) is 0.724. The van der Waals surface area contributed by atoms with Crippen molar-refractivity contribution >= 4 is 9.47 Å². The Hall–Kier alpha value is 0.310. The summed E-state index contributed by atoms with van der Waals surface area (Å²) >= 11 is 0. The third-order valence-corrected chi connectivity index (χ3v) is 0.224. The molecule has 0 amide bonds. The molecule has 0 aromatic rings. The highest BCUT2D eigenvalue weighted by Gasteiger charge is 1.57. The Morgan fingerprint density at radius 2 is 1.57 bits per heavy atom. The first-order valence-corrected chi connectivity index (χ1v) is 2.30. The van der Waals surface area contributed by atoms with Crippen LogP contribution in [0.5, 0.6) is 0 Å². The highest BCUT2D eigenvalue weighted by molar-refractivity contribution is 7.08. The first-order chi connectivity index (χ1) is 2.91. The third-order valence-electron chi connectivity index (χ3n) is 0.224. The fourth-order valence-electron chi connectivity index (χ4n) is 0. The summed E-state index contributed by atoms with van der Waals surface area (Å²) in [6.45, 7) is 2.25. The lowest BCUT2D eigenvalue weighted by atomic mass is 10.5. The van der Waals surface area contributed by atoms with Crippen LogP contribution in [0.25, 0.3) is 0 Å². The van der Waals surface area contributed by atoms with Crippen LogP contribution in [-0.2, 0) is 0 Å². The molecule has 0 heterocycles. The van der Waals surface area contributed by atoms with Gasteiger partial charge in [-0.1, -0.05) is 6.92 Å². The van der Waals surface area contributed by atoms with Crippen molar-refractivity contribution in [3.8, 4) is 0 Å². The lowest BCUT2D eigenvalue weighted by molar-refractivity contribution is 0.295. The first-order valence-electron chi connectivity index (χ1n) is 1.78. The van der Waals surface area contributed by atoms with E-state index in [0.717, 1.165) is 6.42 Å². The standard InChI is InChI=1S/C3H8O.H3N.H3OP/c1-2-3-4;;1-2/h4H,2-3H2,1H3;1H3;1H,2H2. The van der Waals surface area contributed by atoms with Crippen LogP contribution in [0.2, 0.25) is 0 Å². The quantitative estimate of drug-likeness (QED) is 0.444. The van der Waals surface area contributed by atoms with Crippen molar-refractivity contribution in [2.45, 2.75) is 13.3 Å². The minimum Gasteiger partial charge on any atom is -0.396 e. The zero-order valence-corrected chi connectivity index (χ0v) is 5.75. The van der Waals surface area contributed by atoms with Crippen LogP contribution in [0, 0.1) is 0 Å². The Balaban J connectivity index is -0.0000000480. The number of hydrogen-bond acceptors (Lipinski definition) is 3. The molecule has 0 aromatic carbocycles. The molecule has 7 heavy (non-hydrogen) atoms. The summed E-state index contributed by atoms with van der Waals surface area (Å²) in [6.07, 6.45) is 0.875. The molecule has 0 saturated carbocycles. The molecule has 0 fully saturated rings. The topological polar surface area (TPSA) is 75.5 Å². The van der Waals surface area contributed by atoms with Crippen molar-refractivity contribution in [2.24, 2.45) is 0 Å². The van der Waals surface area contributed by atoms with Crippen molar-refractivity contribution in [3.05, 3.63) is 0 Å². The van der Waals surface area contributed by atoms with Gasteiger partial charge < -0.3 is 16.2 Å². The summed E-state index contributed by atoms with van der Waals surface area (Å²) in [4.78, 5) is 6.92. The smallest absolute Gasteiger partial charge is 0.0428 e. The Bertz CT molecular complexity index is 14.9. The summed E-state index contributed by atoms with van der Waals surface area (Å²) in [5.74, 6) is 0. The van der Waals surface area contributed by atoms with E-state index in [1.807, 2.05) is 6.92 Å². The molecule has 3 nitrogen and oxygen atoms in total. The average Bonchev–Trinajstić information content (AvgIpc) is 1.72. The van der Waals surface area contributed by atoms with Crippen molar-refractivity contribution in [3.63, 3.8) is 0 Å². The molecule has 0 radical (unpaired) electrons. The van der Waals surface area contributed by atoms with Gasteiger partial charge in [0, 0.05) is 6.61 Å². The maximum absolute atomic E-state index is 7.88. The fourth-order valence-corrected chi connectivity index (χ4v) is 0. The molecule has 1 unspecified atom stereocenters. The number of hydrogen-bond donors (Lipinski definition) is 3. The van der Waals surface area contributed by atoms with Crippen LogP contribution in [-0.4, -0.2) is 16.6 Å². The predicted octanol–water partition coefficient (Wildman–Crippen LogP) is 0.319. The Kier molecular flexibility index (Phi) is 74.6. The van der Waals surface area contributed by atoms with Crippen LogP contribution in [0.3, 0.4) is 0 Å². The minimum atomic E-state index is 0. The van der Waals surface area contributed by atoms with Crippen LogP contribution in [0.1, 0.15) is 13.3 Å². The van der Waals surface area contributed by atoms with E-state index < -0.39 is 0 Å². The summed E-state index contributed by atoms with van der Waals surface area (Å²) < 4.78 is 0. The minimum absolute atomic E-state index is 0. The van der Waals surface area contributed by atoms with Gasteiger partial charge in [-0.05, 0) is 15.9 Å². The summed E-state index contributed by atoms with van der Waals surface area (Å²) in [6, 6.07) is 0. The van der Waals surface area contributed by atoms with Crippen LogP contribution >= 0.6 is 9.47 Å². The van der Waals surface area contributed by atoms with E-state index in [2.05, 4.69) is 0 Å². The monoisotopic (exact) mass is 127 g/mol. The Morgan fingerprint density at radius 1 is 1.43 bits per heavy atom. The van der Waals surface area contributed by atoms with E-state index in [4.69, 9.17) is 10.00 Å². The van der Waals surface area contributed by atoms with Gasteiger partial charge in [-0.25, -0.2) is 0 Å². The van der Waals surface area contributed by atoms with Crippen molar-refractivity contribution in [2.75, 3.05) is 6.61 Å². The molecule has 0 aromatic heterocycles. The highest BCUT2D eigenvalue weighted by Crippen LogP contribution is 1.61. The van der Waals surface area contributed by atoms with E-state index in [0.29, 0.717) is 6.61 Å². The first kappa shape index (κ1) is 15.7. The summed E-state index contributed by atoms with van der Waals surface area (Å²) in [5, 5.41) is 7.88. The lowest BCUT2D eigenvalue weighted by Gasteiger charge is -1.69. The van der Waals surface area contributed by atoms with Gasteiger partial charge in [0.25, 0.3) is 0 Å². The molecular weight excluding hydrogens is 113 g/mol.